The summed E-state index contributed by atoms with van der Waals surface area (Å²) in [6.07, 6.45) is 2.51. The van der Waals surface area contributed by atoms with Gasteiger partial charge >= 0.3 is 5.97 Å². The Hall–Kier alpha value is -4.11. The zero-order valence-electron chi connectivity index (χ0n) is 18.8. The number of esters is 1. The molecule has 0 spiro atoms. The van der Waals surface area contributed by atoms with E-state index in [2.05, 4.69) is 4.98 Å². The summed E-state index contributed by atoms with van der Waals surface area (Å²) in [5.41, 5.74) is 1.24. The van der Waals surface area contributed by atoms with E-state index in [1.54, 1.807) is 43.5 Å². The molecule has 0 aliphatic heterocycles. The molecule has 6 nitrogen and oxygen atoms in total. The summed E-state index contributed by atoms with van der Waals surface area (Å²) in [4.78, 5) is 17.3. The summed E-state index contributed by atoms with van der Waals surface area (Å²) < 4.78 is 16.4. The predicted molar refractivity (Wildman–Crippen MR) is 126 cm³/mol. The van der Waals surface area contributed by atoms with Crippen molar-refractivity contribution in [3.8, 4) is 23.4 Å². The second-order valence-electron chi connectivity index (χ2n) is 7.66. The van der Waals surface area contributed by atoms with Crippen molar-refractivity contribution in [3.05, 3.63) is 90.1 Å². The molecular weight excluding hydrogens is 416 g/mol. The van der Waals surface area contributed by atoms with E-state index in [0.29, 0.717) is 17.3 Å². The Morgan fingerprint density at radius 2 is 1.70 bits per heavy atom. The SMILES string of the molecule is COc1ccc(C=CC(C(=O)OC(C#N)c2cccc(Oc3ccccc3)n2)C(C)C)cc1. The molecule has 1 heterocycles. The van der Waals surface area contributed by atoms with Crippen LogP contribution in [0.2, 0.25) is 0 Å². The highest BCUT2D eigenvalue weighted by molar-refractivity contribution is 5.76. The number of para-hydroxylation sites is 1. The number of benzene rings is 2. The minimum atomic E-state index is -1.15. The van der Waals surface area contributed by atoms with E-state index in [9.17, 15) is 10.1 Å². The van der Waals surface area contributed by atoms with Gasteiger partial charge in [0.05, 0.1) is 18.7 Å². The number of carbonyl (C=O) groups is 1. The van der Waals surface area contributed by atoms with E-state index in [1.807, 2.05) is 68.5 Å². The van der Waals surface area contributed by atoms with Gasteiger partial charge < -0.3 is 14.2 Å². The molecule has 2 atom stereocenters. The molecule has 6 heteroatoms. The highest BCUT2D eigenvalue weighted by atomic mass is 16.5. The van der Waals surface area contributed by atoms with E-state index in [4.69, 9.17) is 14.2 Å². The lowest BCUT2D eigenvalue weighted by atomic mass is 9.94. The Labute approximate surface area is 194 Å². The van der Waals surface area contributed by atoms with Crippen LogP contribution in [0.5, 0.6) is 17.4 Å². The number of nitriles is 1. The quantitative estimate of drug-likeness (QED) is 0.379. The fourth-order valence-electron chi connectivity index (χ4n) is 3.09. The topological polar surface area (TPSA) is 81.4 Å². The van der Waals surface area contributed by atoms with E-state index in [0.717, 1.165) is 11.3 Å². The van der Waals surface area contributed by atoms with Crippen molar-refractivity contribution < 1.29 is 19.0 Å². The van der Waals surface area contributed by atoms with Crippen LogP contribution < -0.4 is 9.47 Å². The lowest BCUT2D eigenvalue weighted by molar-refractivity contribution is -0.151. The smallest absolute Gasteiger partial charge is 0.314 e. The summed E-state index contributed by atoms with van der Waals surface area (Å²) >= 11 is 0. The van der Waals surface area contributed by atoms with Gasteiger partial charge in [-0.05, 0) is 41.8 Å². The van der Waals surface area contributed by atoms with Gasteiger partial charge in [-0.3, -0.25) is 4.79 Å². The number of hydrogen-bond acceptors (Lipinski definition) is 6. The predicted octanol–water partition coefficient (Wildman–Crippen LogP) is 5.98. The minimum Gasteiger partial charge on any atom is -0.497 e. The van der Waals surface area contributed by atoms with Gasteiger partial charge in [-0.1, -0.05) is 62.4 Å². The van der Waals surface area contributed by atoms with Gasteiger partial charge in [0.15, 0.2) is 0 Å². The number of aromatic nitrogens is 1. The molecule has 0 radical (unpaired) electrons. The third-order valence-electron chi connectivity index (χ3n) is 4.93. The fourth-order valence-corrected chi connectivity index (χ4v) is 3.09. The Kier molecular flexibility index (Phi) is 8.20. The van der Waals surface area contributed by atoms with E-state index < -0.39 is 18.0 Å². The molecule has 2 aromatic carbocycles. The molecule has 0 amide bonds. The molecule has 3 aromatic rings. The first-order valence-electron chi connectivity index (χ1n) is 10.6. The molecule has 0 saturated heterocycles. The minimum absolute atomic E-state index is 0.0213. The summed E-state index contributed by atoms with van der Waals surface area (Å²) in [7, 11) is 1.61. The standard InChI is InChI=1S/C27H26N2O4/c1-19(2)23(17-14-20-12-15-21(31-3)16-13-20)27(30)33-25(18-28)24-10-7-11-26(29-24)32-22-8-5-4-6-9-22/h4-17,19,23,25H,1-3H3. The molecule has 0 bridgehead atoms. The Balaban J connectivity index is 1.72. The maximum absolute atomic E-state index is 12.9. The molecule has 2 unspecified atom stereocenters. The molecule has 0 fully saturated rings. The second kappa shape index (κ2) is 11.5. The largest absolute Gasteiger partial charge is 0.497 e. The molecule has 0 saturated carbocycles. The number of carbonyl (C=O) groups excluding carboxylic acids is 1. The van der Waals surface area contributed by atoms with Crippen LogP contribution in [0.25, 0.3) is 6.08 Å². The van der Waals surface area contributed by atoms with E-state index in [1.165, 1.54) is 0 Å². The lowest BCUT2D eigenvalue weighted by Crippen LogP contribution is -2.23. The van der Waals surface area contributed by atoms with Crippen LogP contribution in [0.3, 0.4) is 0 Å². The van der Waals surface area contributed by atoms with Crippen LogP contribution in [-0.2, 0) is 9.53 Å². The van der Waals surface area contributed by atoms with Crippen molar-refractivity contribution in [2.24, 2.45) is 11.8 Å². The molecule has 168 valence electrons. The molecule has 3 rings (SSSR count). The van der Waals surface area contributed by atoms with Gasteiger partial charge in [0, 0.05) is 6.07 Å². The Morgan fingerprint density at radius 3 is 2.33 bits per heavy atom. The van der Waals surface area contributed by atoms with Crippen molar-refractivity contribution in [2.45, 2.75) is 20.0 Å². The van der Waals surface area contributed by atoms with Crippen LogP contribution in [0, 0.1) is 23.2 Å². The van der Waals surface area contributed by atoms with Crippen molar-refractivity contribution in [1.82, 2.24) is 4.98 Å². The fraction of sp³-hybridized carbons (Fsp3) is 0.222. The highest BCUT2D eigenvalue weighted by Gasteiger charge is 2.26. The second-order valence-corrected chi connectivity index (χ2v) is 7.66. The third-order valence-corrected chi connectivity index (χ3v) is 4.93. The van der Waals surface area contributed by atoms with E-state index >= 15 is 0 Å². The van der Waals surface area contributed by atoms with Gasteiger partial charge in [-0.2, -0.15) is 5.26 Å². The van der Waals surface area contributed by atoms with Crippen molar-refractivity contribution in [2.75, 3.05) is 7.11 Å². The van der Waals surface area contributed by atoms with Crippen LogP contribution in [0.15, 0.2) is 78.9 Å². The maximum atomic E-state index is 12.9. The zero-order chi connectivity index (χ0) is 23.6. The third kappa shape index (κ3) is 6.68. The zero-order valence-corrected chi connectivity index (χ0v) is 18.8. The van der Waals surface area contributed by atoms with Gasteiger partial charge in [0.25, 0.3) is 0 Å². The number of rotatable bonds is 9. The van der Waals surface area contributed by atoms with Crippen LogP contribution in [0.1, 0.15) is 31.2 Å². The normalized spacial score (nSPS) is 12.7. The van der Waals surface area contributed by atoms with Gasteiger partial charge in [0.1, 0.15) is 17.6 Å². The van der Waals surface area contributed by atoms with Crippen molar-refractivity contribution in [1.29, 1.82) is 5.26 Å². The maximum Gasteiger partial charge on any atom is 0.314 e. The number of pyridine rings is 1. The Bertz CT molecular complexity index is 1120. The Morgan fingerprint density at radius 1 is 0.970 bits per heavy atom. The molecule has 1 aromatic heterocycles. The molecular formula is C27H26N2O4. The monoisotopic (exact) mass is 442 g/mol. The van der Waals surface area contributed by atoms with E-state index in [-0.39, 0.29) is 5.92 Å². The first-order chi connectivity index (χ1) is 16.0. The average molecular weight is 443 g/mol. The molecule has 0 aliphatic carbocycles. The highest BCUT2D eigenvalue weighted by Crippen LogP contribution is 2.25. The number of nitrogens with zero attached hydrogens (tertiary/aromatic N) is 2. The van der Waals surface area contributed by atoms with Crippen LogP contribution in [-0.4, -0.2) is 18.1 Å². The van der Waals surface area contributed by atoms with Gasteiger partial charge in [0.2, 0.25) is 12.0 Å². The summed E-state index contributed by atoms with van der Waals surface area (Å²) in [5.74, 6) is 0.664. The summed E-state index contributed by atoms with van der Waals surface area (Å²) in [5, 5.41) is 9.65. The average Bonchev–Trinajstić information content (AvgIpc) is 2.83. The molecule has 0 N–H and O–H groups in total. The lowest BCUT2D eigenvalue weighted by Gasteiger charge is -2.18. The number of ether oxygens (including phenoxy) is 3. The van der Waals surface area contributed by atoms with Gasteiger partial charge in [-0.25, -0.2) is 4.98 Å². The van der Waals surface area contributed by atoms with Crippen LogP contribution >= 0.6 is 0 Å². The first kappa shape index (κ1) is 23.6. The number of methoxy groups -OCH3 is 1. The van der Waals surface area contributed by atoms with Crippen molar-refractivity contribution >= 4 is 12.0 Å². The summed E-state index contributed by atoms with van der Waals surface area (Å²) in [6.45, 7) is 3.86. The van der Waals surface area contributed by atoms with Gasteiger partial charge in [-0.15, -0.1) is 0 Å². The number of hydrogen-bond donors (Lipinski definition) is 0. The summed E-state index contributed by atoms with van der Waals surface area (Å²) in [6, 6.07) is 23.8. The van der Waals surface area contributed by atoms with Crippen LogP contribution in [0.4, 0.5) is 0 Å². The van der Waals surface area contributed by atoms with Crippen molar-refractivity contribution in [3.63, 3.8) is 0 Å². The molecule has 33 heavy (non-hydrogen) atoms. The molecule has 0 aliphatic rings. The first-order valence-corrected chi connectivity index (χ1v) is 10.6.